The molecule has 0 aromatic heterocycles. The maximum absolute atomic E-state index is 13.9. The molecular weight excluding hydrogens is 504 g/mol. The Bertz CT molecular complexity index is 1560. The van der Waals surface area contributed by atoms with E-state index in [-0.39, 0.29) is 46.0 Å². The average Bonchev–Trinajstić information content (AvgIpc) is 2.92. The number of esters is 1. The molecule has 1 heterocycles. The summed E-state index contributed by atoms with van der Waals surface area (Å²) >= 11 is 0. The Morgan fingerprint density at radius 1 is 1.00 bits per heavy atom. The molecule has 0 bridgehead atoms. The van der Waals surface area contributed by atoms with Gasteiger partial charge in [0.15, 0.2) is 5.78 Å². The second-order valence-corrected chi connectivity index (χ2v) is 8.97. The highest BCUT2D eigenvalue weighted by Gasteiger charge is 2.35. The molecule has 0 radical (unpaired) electrons. The summed E-state index contributed by atoms with van der Waals surface area (Å²) in [6.45, 7) is 8.89. The van der Waals surface area contributed by atoms with Crippen molar-refractivity contribution >= 4 is 29.2 Å². The van der Waals surface area contributed by atoms with Gasteiger partial charge in [0, 0.05) is 41.0 Å². The molecular formula is C29H24N2O8. The third-order valence-corrected chi connectivity index (χ3v) is 6.46. The van der Waals surface area contributed by atoms with E-state index in [1.807, 2.05) is 0 Å². The predicted molar refractivity (Wildman–Crippen MR) is 144 cm³/mol. The van der Waals surface area contributed by atoms with Crippen LogP contribution < -0.4 is 4.74 Å². The fourth-order valence-electron chi connectivity index (χ4n) is 4.40. The Hall–Kier alpha value is -5.12. The summed E-state index contributed by atoms with van der Waals surface area (Å²) in [5, 5.41) is 22.3. The molecule has 0 amide bonds. The SMILES string of the molecule is C=CC1(C)C=Cc2c(c(C(=O)c3ccc([N+](=O)[O-])cc3)c(C)c(C(=O)OCC)c2-c2ccc([N+](=O)[O-])cc2)O1. The number of rotatable bonds is 8. The molecule has 1 aliphatic heterocycles. The van der Waals surface area contributed by atoms with Gasteiger partial charge in [-0.15, -0.1) is 0 Å². The molecule has 0 fully saturated rings. The molecule has 10 nitrogen and oxygen atoms in total. The highest BCUT2D eigenvalue weighted by atomic mass is 16.6. The van der Waals surface area contributed by atoms with Gasteiger partial charge >= 0.3 is 5.97 Å². The Morgan fingerprint density at radius 2 is 1.56 bits per heavy atom. The fourth-order valence-corrected chi connectivity index (χ4v) is 4.40. The summed E-state index contributed by atoms with van der Waals surface area (Å²) in [7, 11) is 0. The van der Waals surface area contributed by atoms with Gasteiger partial charge in [-0.25, -0.2) is 4.79 Å². The maximum Gasteiger partial charge on any atom is 0.339 e. The van der Waals surface area contributed by atoms with Gasteiger partial charge in [0.2, 0.25) is 0 Å². The van der Waals surface area contributed by atoms with Gasteiger partial charge in [-0.1, -0.05) is 12.7 Å². The molecule has 10 heteroatoms. The lowest BCUT2D eigenvalue weighted by Gasteiger charge is -2.33. The zero-order chi connectivity index (χ0) is 28.5. The molecule has 3 aromatic rings. The van der Waals surface area contributed by atoms with Crippen molar-refractivity contribution in [3.8, 4) is 16.9 Å². The molecule has 1 aliphatic rings. The normalized spacial score (nSPS) is 15.6. The lowest BCUT2D eigenvalue weighted by Crippen LogP contribution is -2.31. The number of nitrogens with zero attached hydrogens (tertiary/aromatic N) is 2. The van der Waals surface area contributed by atoms with Gasteiger partial charge in [-0.05, 0) is 68.3 Å². The number of fused-ring (bicyclic) bond motifs is 1. The maximum atomic E-state index is 13.9. The van der Waals surface area contributed by atoms with Crippen molar-refractivity contribution < 1.29 is 28.9 Å². The van der Waals surface area contributed by atoms with E-state index in [9.17, 15) is 29.8 Å². The third kappa shape index (κ3) is 4.91. The van der Waals surface area contributed by atoms with Crippen LogP contribution in [0.15, 0.2) is 67.3 Å². The van der Waals surface area contributed by atoms with E-state index in [1.165, 1.54) is 48.5 Å². The first-order chi connectivity index (χ1) is 18.5. The lowest BCUT2D eigenvalue weighted by molar-refractivity contribution is -0.385. The largest absolute Gasteiger partial charge is 0.478 e. The Kier molecular flexibility index (Phi) is 7.13. The van der Waals surface area contributed by atoms with Crippen molar-refractivity contribution in [2.24, 2.45) is 0 Å². The van der Waals surface area contributed by atoms with Crippen LogP contribution in [0.5, 0.6) is 5.75 Å². The number of carbonyl (C=O) groups is 2. The number of nitro groups is 2. The van der Waals surface area contributed by atoms with E-state index in [2.05, 4.69) is 6.58 Å². The van der Waals surface area contributed by atoms with Crippen molar-refractivity contribution in [1.29, 1.82) is 0 Å². The van der Waals surface area contributed by atoms with Gasteiger partial charge < -0.3 is 9.47 Å². The molecule has 0 saturated carbocycles. The Balaban J connectivity index is 2.06. The topological polar surface area (TPSA) is 139 Å². The van der Waals surface area contributed by atoms with Gasteiger partial charge in [-0.3, -0.25) is 25.0 Å². The highest BCUT2D eigenvalue weighted by molar-refractivity contribution is 6.16. The monoisotopic (exact) mass is 528 g/mol. The zero-order valence-electron chi connectivity index (χ0n) is 21.4. The van der Waals surface area contributed by atoms with Crippen LogP contribution >= 0.6 is 0 Å². The Labute approximate surface area is 223 Å². The molecule has 39 heavy (non-hydrogen) atoms. The number of carbonyl (C=O) groups excluding carboxylic acids is 2. The molecule has 3 aromatic carbocycles. The van der Waals surface area contributed by atoms with E-state index in [4.69, 9.17) is 9.47 Å². The van der Waals surface area contributed by atoms with E-state index < -0.39 is 27.2 Å². The summed E-state index contributed by atoms with van der Waals surface area (Å²) in [5.74, 6) is -1.02. The summed E-state index contributed by atoms with van der Waals surface area (Å²) in [6.07, 6.45) is 5.00. The zero-order valence-corrected chi connectivity index (χ0v) is 21.4. The standard InChI is InChI=1S/C29H24N2O8/c1-5-29(4)16-15-22-25(18-7-11-20(12-8-18)30(34)35)23(28(33)38-6-2)17(3)24(27(22)39-29)26(32)19-9-13-21(14-10-19)31(36)37/h5,7-16H,1,6H2,2-4H3. The van der Waals surface area contributed by atoms with Crippen LogP contribution in [0.2, 0.25) is 0 Å². The van der Waals surface area contributed by atoms with Gasteiger partial charge in [0.25, 0.3) is 11.4 Å². The smallest absolute Gasteiger partial charge is 0.339 e. The molecule has 0 aliphatic carbocycles. The van der Waals surface area contributed by atoms with Crippen molar-refractivity contribution in [3.63, 3.8) is 0 Å². The molecule has 198 valence electrons. The fraction of sp³-hybridized carbons (Fsp3) is 0.172. The van der Waals surface area contributed by atoms with Crippen LogP contribution in [0.3, 0.4) is 0 Å². The summed E-state index contributed by atoms with van der Waals surface area (Å²) in [4.78, 5) is 48.5. The second kappa shape index (κ2) is 10.3. The minimum absolute atomic E-state index is 0.0710. The van der Waals surface area contributed by atoms with Crippen LogP contribution in [-0.2, 0) is 4.74 Å². The van der Waals surface area contributed by atoms with Gasteiger partial charge in [-0.2, -0.15) is 0 Å². The number of nitro benzene ring substituents is 2. The molecule has 0 saturated heterocycles. The summed E-state index contributed by atoms with van der Waals surface area (Å²) < 4.78 is 11.7. The first kappa shape index (κ1) is 26.9. The predicted octanol–water partition coefficient (Wildman–Crippen LogP) is 6.24. The first-order valence-electron chi connectivity index (χ1n) is 11.9. The van der Waals surface area contributed by atoms with E-state index in [0.717, 1.165) is 0 Å². The van der Waals surface area contributed by atoms with Crippen LogP contribution in [0.4, 0.5) is 11.4 Å². The molecule has 4 rings (SSSR count). The summed E-state index contributed by atoms with van der Waals surface area (Å²) in [5.41, 5.74) is 0.598. The molecule has 0 spiro atoms. The molecule has 0 N–H and O–H groups in total. The summed E-state index contributed by atoms with van der Waals surface area (Å²) in [6, 6.07) is 10.8. The highest BCUT2D eigenvalue weighted by Crippen LogP contribution is 2.46. The number of ether oxygens (including phenoxy) is 2. The quantitative estimate of drug-likeness (QED) is 0.110. The van der Waals surface area contributed by atoms with E-state index >= 15 is 0 Å². The van der Waals surface area contributed by atoms with Crippen molar-refractivity contribution in [3.05, 3.63) is 115 Å². The number of benzene rings is 3. The minimum Gasteiger partial charge on any atom is -0.478 e. The van der Waals surface area contributed by atoms with Crippen molar-refractivity contribution in [2.45, 2.75) is 26.4 Å². The molecule has 1 unspecified atom stereocenters. The Morgan fingerprint density at radius 3 is 2.08 bits per heavy atom. The number of non-ortho nitro benzene ring substituents is 2. The third-order valence-electron chi connectivity index (χ3n) is 6.46. The van der Waals surface area contributed by atoms with Crippen molar-refractivity contribution in [2.75, 3.05) is 6.61 Å². The number of hydrogen-bond acceptors (Lipinski definition) is 8. The number of hydrogen-bond donors (Lipinski definition) is 0. The van der Waals surface area contributed by atoms with E-state index in [0.29, 0.717) is 16.7 Å². The molecule has 1 atom stereocenters. The van der Waals surface area contributed by atoms with E-state index in [1.54, 1.807) is 39.0 Å². The van der Waals surface area contributed by atoms with Crippen LogP contribution in [0, 0.1) is 27.2 Å². The van der Waals surface area contributed by atoms with Gasteiger partial charge in [0.05, 0.1) is 27.6 Å². The average molecular weight is 529 g/mol. The van der Waals surface area contributed by atoms with Crippen molar-refractivity contribution in [1.82, 2.24) is 0 Å². The minimum atomic E-state index is -0.984. The van der Waals surface area contributed by atoms with Crippen LogP contribution in [0.25, 0.3) is 17.2 Å². The number of ketones is 1. The lowest BCUT2D eigenvalue weighted by atomic mass is 9.83. The van der Waals surface area contributed by atoms with Gasteiger partial charge in [0.1, 0.15) is 11.4 Å². The van der Waals surface area contributed by atoms with Crippen LogP contribution in [-0.4, -0.2) is 33.8 Å². The first-order valence-corrected chi connectivity index (χ1v) is 11.9. The van der Waals surface area contributed by atoms with Crippen LogP contribution in [0.1, 0.15) is 51.3 Å². The second-order valence-electron chi connectivity index (χ2n) is 8.97.